The molecular formula is C13H22N2O3. The van der Waals surface area contributed by atoms with Crippen LogP contribution in [0.2, 0.25) is 0 Å². The number of hydrogen-bond donors (Lipinski definition) is 1. The van der Waals surface area contributed by atoms with Gasteiger partial charge in [0.2, 0.25) is 5.91 Å². The summed E-state index contributed by atoms with van der Waals surface area (Å²) >= 11 is 0. The smallest absolute Gasteiger partial charge is 0.227 e. The van der Waals surface area contributed by atoms with Crippen LogP contribution >= 0.6 is 0 Å². The number of hydrogen-bond acceptors (Lipinski definition) is 4. The van der Waals surface area contributed by atoms with Gasteiger partial charge in [0.25, 0.3) is 0 Å². The predicted molar refractivity (Wildman–Crippen MR) is 66.3 cm³/mol. The molecule has 0 aromatic heterocycles. The number of rotatable bonds is 2. The second kappa shape index (κ2) is 5.55. The maximum absolute atomic E-state index is 12.4. The number of ether oxygens (including phenoxy) is 2. The minimum absolute atomic E-state index is 0.0829. The van der Waals surface area contributed by atoms with Crippen LogP contribution in [0.4, 0.5) is 0 Å². The zero-order chi connectivity index (χ0) is 12.4. The van der Waals surface area contributed by atoms with Crippen molar-refractivity contribution < 1.29 is 14.3 Å². The average Bonchev–Trinajstić information content (AvgIpc) is 3.11. The van der Waals surface area contributed by atoms with Gasteiger partial charge in [-0.25, -0.2) is 0 Å². The van der Waals surface area contributed by atoms with E-state index in [1.807, 2.05) is 4.90 Å². The lowest BCUT2D eigenvalue weighted by molar-refractivity contribution is -0.148. The van der Waals surface area contributed by atoms with Gasteiger partial charge in [0, 0.05) is 26.2 Å². The van der Waals surface area contributed by atoms with Crippen molar-refractivity contribution in [1.29, 1.82) is 0 Å². The van der Waals surface area contributed by atoms with E-state index in [9.17, 15) is 4.79 Å². The van der Waals surface area contributed by atoms with Gasteiger partial charge in [0.15, 0.2) is 0 Å². The van der Waals surface area contributed by atoms with Crippen LogP contribution in [0, 0.1) is 5.92 Å². The topological polar surface area (TPSA) is 50.8 Å². The summed E-state index contributed by atoms with van der Waals surface area (Å²) in [6.07, 6.45) is 3.44. The molecule has 0 unspecified atom stereocenters. The van der Waals surface area contributed by atoms with Crippen LogP contribution in [-0.2, 0) is 14.3 Å². The molecule has 0 bridgehead atoms. The Morgan fingerprint density at radius 2 is 2.06 bits per heavy atom. The van der Waals surface area contributed by atoms with Crippen LogP contribution in [-0.4, -0.2) is 62.4 Å². The molecule has 3 aliphatic heterocycles. The Kier molecular flexibility index (Phi) is 3.82. The molecule has 1 N–H and O–H groups in total. The van der Waals surface area contributed by atoms with Crippen molar-refractivity contribution in [2.24, 2.45) is 5.92 Å². The lowest BCUT2D eigenvalue weighted by Crippen LogP contribution is -2.51. The van der Waals surface area contributed by atoms with Crippen LogP contribution < -0.4 is 5.32 Å². The molecule has 0 aromatic carbocycles. The highest BCUT2D eigenvalue weighted by Crippen LogP contribution is 2.22. The van der Waals surface area contributed by atoms with Gasteiger partial charge in [-0.1, -0.05) is 0 Å². The SMILES string of the molecule is O=C([C@@H]1CCNC1)N1CCO[C@H]([C@H]2CCCO2)C1. The maximum atomic E-state index is 12.4. The Morgan fingerprint density at radius 3 is 2.78 bits per heavy atom. The Morgan fingerprint density at radius 1 is 1.17 bits per heavy atom. The molecule has 0 aromatic rings. The molecular weight excluding hydrogens is 232 g/mol. The molecule has 5 heteroatoms. The highest BCUT2D eigenvalue weighted by atomic mass is 16.5. The zero-order valence-electron chi connectivity index (χ0n) is 10.8. The van der Waals surface area contributed by atoms with E-state index in [0.29, 0.717) is 19.1 Å². The first kappa shape index (κ1) is 12.4. The first-order valence-electron chi connectivity index (χ1n) is 7.07. The van der Waals surface area contributed by atoms with Crippen molar-refractivity contribution in [1.82, 2.24) is 10.2 Å². The van der Waals surface area contributed by atoms with E-state index in [1.165, 1.54) is 0 Å². The van der Waals surface area contributed by atoms with Gasteiger partial charge in [0.1, 0.15) is 6.10 Å². The fourth-order valence-electron chi connectivity index (χ4n) is 3.12. The number of carbonyl (C=O) groups is 1. The van der Waals surface area contributed by atoms with Crippen molar-refractivity contribution in [3.63, 3.8) is 0 Å². The number of nitrogens with zero attached hydrogens (tertiary/aromatic N) is 1. The normalized spacial score (nSPS) is 37.1. The van der Waals surface area contributed by atoms with Crippen LogP contribution in [0.1, 0.15) is 19.3 Å². The van der Waals surface area contributed by atoms with Gasteiger partial charge in [-0.15, -0.1) is 0 Å². The van der Waals surface area contributed by atoms with Crippen molar-refractivity contribution in [3.05, 3.63) is 0 Å². The Hall–Kier alpha value is -0.650. The summed E-state index contributed by atoms with van der Waals surface area (Å²) in [6.45, 7) is 4.73. The molecule has 18 heavy (non-hydrogen) atoms. The molecule has 3 heterocycles. The summed E-state index contributed by atoms with van der Waals surface area (Å²) in [5, 5.41) is 3.26. The second-order valence-electron chi connectivity index (χ2n) is 5.43. The predicted octanol–water partition coefficient (Wildman–Crippen LogP) is 0.00230. The number of morpholine rings is 1. The second-order valence-corrected chi connectivity index (χ2v) is 5.43. The molecule has 3 rings (SSSR count). The maximum Gasteiger partial charge on any atom is 0.227 e. The molecule has 3 saturated heterocycles. The molecule has 3 atom stereocenters. The van der Waals surface area contributed by atoms with E-state index in [1.54, 1.807) is 0 Å². The van der Waals surface area contributed by atoms with Gasteiger partial charge >= 0.3 is 0 Å². The monoisotopic (exact) mass is 254 g/mol. The van der Waals surface area contributed by atoms with Gasteiger partial charge in [0.05, 0.1) is 18.6 Å². The fourth-order valence-corrected chi connectivity index (χ4v) is 3.12. The molecule has 5 nitrogen and oxygen atoms in total. The minimum Gasteiger partial charge on any atom is -0.375 e. The average molecular weight is 254 g/mol. The first-order valence-corrected chi connectivity index (χ1v) is 7.07. The van der Waals surface area contributed by atoms with Gasteiger partial charge in [-0.05, 0) is 25.8 Å². The third kappa shape index (κ3) is 2.53. The molecule has 0 aliphatic carbocycles. The summed E-state index contributed by atoms with van der Waals surface area (Å²) in [5.41, 5.74) is 0. The van der Waals surface area contributed by atoms with E-state index in [0.717, 1.165) is 45.5 Å². The van der Waals surface area contributed by atoms with Crippen molar-refractivity contribution >= 4 is 5.91 Å². The Balaban J connectivity index is 1.57. The van der Waals surface area contributed by atoms with Gasteiger partial charge in [-0.2, -0.15) is 0 Å². The summed E-state index contributed by atoms with van der Waals surface area (Å²) < 4.78 is 11.4. The summed E-state index contributed by atoms with van der Waals surface area (Å²) in [6, 6.07) is 0. The molecule has 0 radical (unpaired) electrons. The largest absolute Gasteiger partial charge is 0.375 e. The molecule has 0 spiro atoms. The molecule has 0 saturated carbocycles. The number of nitrogens with one attached hydrogen (secondary N) is 1. The summed E-state index contributed by atoms with van der Waals surface area (Å²) in [5.74, 6) is 0.472. The van der Waals surface area contributed by atoms with E-state index in [-0.39, 0.29) is 18.1 Å². The Labute approximate surface area is 108 Å². The third-order valence-electron chi connectivity index (χ3n) is 4.19. The van der Waals surface area contributed by atoms with Crippen LogP contribution in [0.25, 0.3) is 0 Å². The van der Waals surface area contributed by atoms with E-state index in [2.05, 4.69) is 5.32 Å². The number of amides is 1. The molecule has 3 aliphatic rings. The van der Waals surface area contributed by atoms with E-state index >= 15 is 0 Å². The summed E-state index contributed by atoms with van der Waals surface area (Å²) in [4.78, 5) is 14.3. The molecule has 3 fully saturated rings. The lowest BCUT2D eigenvalue weighted by Gasteiger charge is -2.36. The molecule has 102 valence electrons. The number of carbonyl (C=O) groups excluding carboxylic acids is 1. The fraction of sp³-hybridized carbons (Fsp3) is 0.923. The van der Waals surface area contributed by atoms with Crippen molar-refractivity contribution in [3.8, 4) is 0 Å². The van der Waals surface area contributed by atoms with Crippen LogP contribution in [0.5, 0.6) is 0 Å². The minimum atomic E-state index is 0.0829. The quantitative estimate of drug-likeness (QED) is 0.754. The van der Waals surface area contributed by atoms with E-state index in [4.69, 9.17) is 9.47 Å². The highest BCUT2D eigenvalue weighted by molar-refractivity contribution is 5.79. The zero-order valence-corrected chi connectivity index (χ0v) is 10.8. The van der Waals surface area contributed by atoms with Crippen LogP contribution in [0.3, 0.4) is 0 Å². The Bertz CT molecular complexity index is 299. The molecule has 1 amide bonds. The lowest BCUT2D eigenvalue weighted by atomic mass is 10.0. The van der Waals surface area contributed by atoms with Crippen LogP contribution in [0.15, 0.2) is 0 Å². The van der Waals surface area contributed by atoms with Crippen molar-refractivity contribution in [2.45, 2.75) is 31.5 Å². The van der Waals surface area contributed by atoms with Crippen molar-refractivity contribution in [2.75, 3.05) is 39.4 Å². The first-order chi connectivity index (χ1) is 8.84. The standard InChI is InChI=1S/C13H22N2O3/c16-13(10-3-4-14-8-10)15-5-7-18-12(9-15)11-2-1-6-17-11/h10-12,14H,1-9H2/t10-,11-,12+/m1/s1. The van der Waals surface area contributed by atoms with Gasteiger partial charge in [-0.3, -0.25) is 4.79 Å². The third-order valence-corrected chi connectivity index (χ3v) is 4.19. The highest BCUT2D eigenvalue weighted by Gasteiger charge is 2.35. The van der Waals surface area contributed by atoms with Gasteiger partial charge < -0.3 is 19.7 Å². The van der Waals surface area contributed by atoms with E-state index < -0.39 is 0 Å². The summed E-state index contributed by atoms with van der Waals surface area (Å²) in [7, 11) is 0.